The Morgan fingerprint density at radius 1 is 1.12 bits per heavy atom. The molecule has 1 aromatic heterocycles. The molecule has 3 amide bonds. The van der Waals surface area contributed by atoms with E-state index in [1.165, 1.54) is 0 Å². The van der Waals surface area contributed by atoms with Gasteiger partial charge in [0.05, 0.1) is 12.9 Å². The maximum atomic E-state index is 12.9. The van der Waals surface area contributed by atoms with Gasteiger partial charge < -0.3 is 24.7 Å². The number of nitrogens with zero attached hydrogens (tertiary/aromatic N) is 1. The number of urea groups is 1. The van der Waals surface area contributed by atoms with E-state index in [2.05, 4.69) is 10.6 Å². The first-order valence-electron chi connectivity index (χ1n) is 11.8. The minimum Gasteiger partial charge on any atom is -0.494 e. The van der Waals surface area contributed by atoms with Gasteiger partial charge in [-0.15, -0.1) is 0 Å². The van der Waals surface area contributed by atoms with E-state index in [4.69, 9.17) is 9.15 Å². The van der Waals surface area contributed by atoms with Gasteiger partial charge in [-0.1, -0.05) is 12.1 Å². The molecule has 0 aliphatic carbocycles. The molecule has 34 heavy (non-hydrogen) atoms. The molecule has 0 saturated carbocycles. The number of furan rings is 1. The first-order chi connectivity index (χ1) is 16.6. The van der Waals surface area contributed by atoms with Gasteiger partial charge in [-0.25, -0.2) is 4.79 Å². The van der Waals surface area contributed by atoms with Crippen molar-refractivity contribution >= 4 is 17.6 Å². The van der Waals surface area contributed by atoms with Crippen molar-refractivity contribution in [2.24, 2.45) is 0 Å². The molecule has 2 heterocycles. The van der Waals surface area contributed by atoms with Gasteiger partial charge in [-0.3, -0.25) is 4.79 Å². The van der Waals surface area contributed by atoms with Gasteiger partial charge in [0.15, 0.2) is 0 Å². The Kier molecular flexibility index (Phi) is 7.86. The summed E-state index contributed by atoms with van der Waals surface area (Å²) in [5.74, 6) is 1.72. The maximum Gasteiger partial charge on any atom is 0.321 e. The number of piperidine rings is 1. The highest BCUT2D eigenvalue weighted by Crippen LogP contribution is 2.28. The third-order valence-electron chi connectivity index (χ3n) is 5.98. The molecule has 1 unspecified atom stereocenters. The van der Waals surface area contributed by atoms with Crippen molar-refractivity contribution in [2.45, 2.75) is 32.1 Å². The lowest BCUT2D eigenvalue weighted by molar-refractivity contribution is 0.0953. The van der Waals surface area contributed by atoms with E-state index in [1.54, 1.807) is 6.26 Å². The summed E-state index contributed by atoms with van der Waals surface area (Å²) in [4.78, 5) is 27.3. The van der Waals surface area contributed by atoms with E-state index in [9.17, 15) is 9.59 Å². The summed E-state index contributed by atoms with van der Waals surface area (Å²) in [6, 6.07) is 18.7. The van der Waals surface area contributed by atoms with Crippen LogP contribution in [0.3, 0.4) is 0 Å². The van der Waals surface area contributed by atoms with E-state index in [0.29, 0.717) is 38.2 Å². The summed E-state index contributed by atoms with van der Waals surface area (Å²) in [5.41, 5.74) is 2.45. The molecule has 1 aliphatic rings. The monoisotopic (exact) mass is 461 g/mol. The number of anilines is 1. The fraction of sp³-hybridized carbons (Fsp3) is 0.333. The van der Waals surface area contributed by atoms with Crippen molar-refractivity contribution in [3.63, 3.8) is 0 Å². The summed E-state index contributed by atoms with van der Waals surface area (Å²) >= 11 is 0. The Balaban J connectivity index is 1.33. The van der Waals surface area contributed by atoms with Gasteiger partial charge in [0.25, 0.3) is 5.91 Å². The van der Waals surface area contributed by atoms with Crippen LogP contribution in [0.1, 0.15) is 47.4 Å². The van der Waals surface area contributed by atoms with Crippen LogP contribution in [-0.4, -0.2) is 43.1 Å². The number of likely N-dealkylation sites (tertiary alicyclic amines) is 1. The van der Waals surface area contributed by atoms with Crippen molar-refractivity contribution in [1.82, 2.24) is 10.2 Å². The van der Waals surface area contributed by atoms with Crippen LogP contribution in [0.4, 0.5) is 10.5 Å². The van der Waals surface area contributed by atoms with E-state index in [0.717, 1.165) is 35.6 Å². The van der Waals surface area contributed by atoms with Gasteiger partial charge in [0.2, 0.25) is 0 Å². The molecule has 1 aliphatic heterocycles. The van der Waals surface area contributed by atoms with E-state index in [-0.39, 0.29) is 17.9 Å². The Morgan fingerprint density at radius 3 is 2.74 bits per heavy atom. The molecular weight excluding hydrogens is 430 g/mol. The smallest absolute Gasteiger partial charge is 0.321 e. The predicted molar refractivity (Wildman–Crippen MR) is 131 cm³/mol. The minimum atomic E-state index is -0.110. The normalized spacial score (nSPS) is 15.6. The van der Waals surface area contributed by atoms with Crippen molar-refractivity contribution in [3.05, 3.63) is 83.8 Å². The lowest BCUT2D eigenvalue weighted by atomic mass is 9.89. The highest BCUT2D eigenvalue weighted by atomic mass is 16.5. The molecule has 2 aromatic carbocycles. The molecular formula is C27H31N3O4. The van der Waals surface area contributed by atoms with Crippen LogP contribution < -0.4 is 15.4 Å². The Bertz CT molecular complexity index is 1080. The second-order valence-electron chi connectivity index (χ2n) is 8.38. The van der Waals surface area contributed by atoms with E-state index >= 15 is 0 Å². The van der Waals surface area contributed by atoms with Gasteiger partial charge in [0.1, 0.15) is 11.5 Å². The highest BCUT2D eigenvalue weighted by Gasteiger charge is 2.25. The topological polar surface area (TPSA) is 83.8 Å². The maximum absolute atomic E-state index is 12.9. The summed E-state index contributed by atoms with van der Waals surface area (Å²) in [5, 5.41) is 5.93. The molecule has 1 fully saturated rings. The number of ether oxygens (including phenoxy) is 1. The average Bonchev–Trinajstić information content (AvgIpc) is 3.39. The average molecular weight is 462 g/mol. The van der Waals surface area contributed by atoms with Crippen LogP contribution >= 0.6 is 0 Å². The highest BCUT2D eigenvalue weighted by molar-refractivity contribution is 5.94. The molecule has 3 aromatic rings. The zero-order valence-corrected chi connectivity index (χ0v) is 19.5. The molecule has 7 nitrogen and oxygen atoms in total. The molecule has 4 rings (SSSR count). The third kappa shape index (κ3) is 6.19. The van der Waals surface area contributed by atoms with Crippen molar-refractivity contribution in [3.8, 4) is 5.75 Å². The van der Waals surface area contributed by atoms with Crippen LogP contribution in [0, 0.1) is 0 Å². The SMILES string of the molecule is CCOc1ccc(NC(=O)N2CCCC(c3cccc(C(=O)NCCc4ccco4)c3)C2)cc1. The summed E-state index contributed by atoms with van der Waals surface area (Å²) in [6.45, 7) is 4.39. The van der Waals surface area contributed by atoms with Crippen molar-refractivity contribution < 1.29 is 18.7 Å². The number of hydrogen-bond donors (Lipinski definition) is 2. The Labute approximate surface area is 200 Å². The largest absolute Gasteiger partial charge is 0.494 e. The zero-order valence-electron chi connectivity index (χ0n) is 19.5. The Hall–Kier alpha value is -3.74. The molecule has 178 valence electrons. The van der Waals surface area contributed by atoms with Gasteiger partial charge >= 0.3 is 6.03 Å². The van der Waals surface area contributed by atoms with Crippen LogP contribution in [-0.2, 0) is 6.42 Å². The standard InChI is InChI=1S/C27H31N3O4/c1-2-33-25-12-10-23(11-13-25)29-27(32)30-16-4-8-22(19-30)20-6-3-7-21(18-20)26(31)28-15-14-24-9-5-17-34-24/h3,5-7,9-13,17-18,22H,2,4,8,14-16,19H2,1H3,(H,28,31)(H,29,32). The summed E-state index contributed by atoms with van der Waals surface area (Å²) < 4.78 is 10.8. The predicted octanol–water partition coefficient (Wildman–Crippen LogP) is 5.06. The first kappa shape index (κ1) is 23.4. The molecule has 0 bridgehead atoms. The number of rotatable bonds is 8. The first-order valence-corrected chi connectivity index (χ1v) is 11.8. The molecule has 7 heteroatoms. The molecule has 1 saturated heterocycles. The number of nitrogens with one attached hydrogen (secondary N) is 2. The quantitative estimate of drug-likeness (QED) is 0.491. The number of carbonyl (C=O) groups excluding carboxylic acids is 2. The third-order valence-corrected chi connectivity index (χ3v) is 5.98. The lowest BCUT2D eigenvalue weighted by Crippen LogP contribution is -2.41. The molecule has 0 radical (unpaired) electrons. The van der Waals surface area contributed by atoms with Gasteiger partial charge in [-0.05, 0) is 73.9 Å². The fourth-order valence-corrected chi connectivity index (χ4v) is 4.23. The van der Waals surface area contributed by atoms with E-state index < -0.39 is 0 Å². The van der Waals surface area contributed by atoms with Crippen molar-refractivity contribution in [2.75, 3.05) is 31.6 Å². The second kappa shape index (κ2) is 11.4. The van der Waals surface area contributed by atoms with Crippen LogP contribution in [0.25, 0.3) is 0 Å². The van der Waals surface area contributed by atoms with Crippen molar-refractivity contribution in [1.29, 1.82) is 0 Å². The Morgan fingerprint density at radius 2 is 1.97 bits per heavy atom. The number of benzene rings is 2. The number of carbonyl (C=O) groups is 2. The number of amides is 3. The van der Waals surface area contributed by atoms with E-state index in [1.807, 2.05) is 72.5 Å². The lowest BCUT2D eigenvalue weighted by Gasteiger charge is -2.33. The fourth-order valence-electron chi connectivity index (χ4n) is 4.23. The molecule has 1 atom stereocenters. The summed E-state index contributed by atoms with van der Waals surface area (Å²) in [7, 11) is 0. The van der Waals surface area contributed by atoms with Crippen LogP contribution in [0.5, 0.6) is 5.75 Å². The van der Waals surface area contributed by atoms with Gasteiger partial charge in [-0.2, -0.15) is 0 Å². The molecule has 2 N–H and O–H groups in total. The summed E-state index contributed by atoms with van der Waals surface area (Å²) in [6.07, 6.45) is 4.18. The van der Waals surface area contributed by atoms with Crippen LogP contribution in [0.2, 0.25) is 0 Å². The van der Waals surface area contributed by atoms with Gasteiger partial charge in [0, 0.05) is 43.2 Å². The molecule has 0 spiro atoms. The van der Waals surface area contributed by atoms with Crippen LogP contribution in [0.15, 0.2) is 71.3 Å². The number of hydrogen-bond acceptors (Lipinski definition) is 4. The second-order valence-corrected chi connectivity index (χ2v) is 8.38. The minimum absolute atomic E-state index is 0.102. The zero-order chi connectivity index (χ0) is 23.8.